The van der Waals surface area contributed by atoms with Gasteiger partial charge in [-0.3, -0.25) is 0 Å². The molecule has 1 saturated carbocycles. The molecule has 2 heterocycles. The minimum absolute atomic E-state index is 0.230. The van der Waals surface area contributed by atoms with E-state index in [1.165, 1.54) is 38.5 Å². The number of nitrogens with zero attached hydrogens (tertiary/aromatic N) is 2. The second kappa shape index (κ2) is 4.97. The van der Waals surface area contributed by atoms with Gasteiger partial charge in [0.05, 0.1) is 18.2 Å². The van der Waals surface area contributed by atoms with Crippen LogP contribution in [0, 0.1) is 6.92 Å². The van der Waals surface area contributed by atoms with Crippen molar-refractivity contribution < 1.29 is 9.26 Å². The maximum Gasteiger partial charge on any atom is 0.240 e. The molecular weight excluding hydrogens is 230 g/mol. The molecule has 1 aromatic rings. The topological polar surface area (TPSA) is 60.2 Å². The quantitative estimate of drug-likeness (QED) is 0.886. The normalized spacial score (nSPS) is 26.2. The summed E-state index contributed by atoms with van der Waals surface area (Å²) in [6.07, 6.45) is 7.95. The van der Waals surface area contributed by atoms with Gasteiger partial charge in [-0.05, 0) is 32.6 Å². The number of hydrogen-bond donors (Lipinski definition) is 1. The molecule has 3 rings (SSSR count). The molecule has 0 bridgehead atoms. The third-order valence-electron chi connectivity index (χ3n) is 4.07. The molecule has 100 valence electrons. The Hall–Kier alpha value is -0.940. The fraction of sp³-hybridized carbons (Fsp3) is 0.846. The lowest BCUT2D eigenvalue weighted by molar-refractivity contribution is -0.0353. The van der Waals surface area contributed by atoms with E-state index in [0.717, 1.165) is 6.54 Å². The molecule has 0 radical (unpaired) electrons. The van der Waals surface area contributed by atoms with Gasteiger partial charge >= 0.3 is 0 Å². The van der Waals surface area contributed by atoms with E-state index >= 15 is 0 Å². The first-order chi connectivity index (χ1) is 8.76. The predicted octanol–water partition coefficient (Wildman–Crippen LogP) is 1.96. The lowest BCUT2D eigenvalue weighted by atomic mass is 9.98. The molecule has 1 N–H and O–H groups in total. The van der Waals surface area contributed by atoms with Gasteiger partial charge in [0.25, 0.3) is 0 Å². The van der Waals surface area contributed by atoms with E-state index in [1.807, 2.05) is 6.92 Å². The molecule has 1 aromatic heterocycles. The van der Waals surface area contributed by atoms with E-state index in [0.29, 0.717) is 24.4 Å². The maximum atomic E-state index is 6.22. The lowest BCUT2D eigenvalue weighted by Crippen LogP contribution is -2.30. The Morgan fingerprint density at radius 3 is 2.89 bits per heavy atom. The highest BCUT2D eigenvalue weighted by Gasteiger charge is 2.41. The van der Waals surface area contributed by atoms with Gasteiger partial charge in [-0.25, -0.2) is 0 Å². The van der Waals surface area contributed by atoms with Crippen molar-refractivity contribution in [3.63, 3.8) is 0 Å². The molecule has 1 spiro atoms. The number of rotatable bonds is 4. The number of nitrogens with one attached hydrogen (secondary N) is 1. The average Bonchev–Trinajstić information content (AvgIpc) is 3.05. The zero-order chi connectivity index (χ0) is 12.4. The van der Waals surface area contributed by atoms with Crippen LogP contribution in [0.4, 0.5) is 0 Å². The van der Waals surface area contributed by atoms with Crippen molar-refractivity contribution in [2.75, 3.05) is 6.54 Å². The molecule has 2 aliphatic rings. The van der Waals surface area contributed by atoms with Gasteiger partial charge in [0.15, 0.2) is 5.82 Å². The summed E-state index contributed by atoms with van der Waals surface area (Å²) in [5.41, 5.74) is 0.230. The molecule has 1 unspecified atom stereocenters. The number of ether oxygens (including phenoxy) is 1. The maximum absolute atomic E-state index is 6.22. The van der Waals surface area contributed by atoms with Gasteiger partial charge in [-0.2, -0.15) is 4.98 Å². The van der Waals surface area contributed by atoms with Crippen molar-refractivity contribution in [1.82, 2.24) is 15.5 Å². The Morgan fingerprint density at radius 2 is 2.17 bits per heavy atom. The average molecular weight is 251 g/mol. The zero-order valence-electron chi connectivity index (χ0n) is 10.9. The SMILES string of the molecule is Cc1noc(CNCC2CCC3(CCCC3)O2)n1. The Bertz CT molecular complexity index is 399. The van der Waals surface area contributed by atoms with Gasteiger partial charge < -0.3 is 14.6 Å². The molecule has 1 aliphatic heterocycles. The largest absolute Gasteiger partial charge is 0.370 e. The second-order valence-corrected chi connectivity index (χ2v) is 5.53. The molecule has 0 amide bonds. The van der Waals surface area contributed by atoms with Crippen LogP contribution in [-0.2, 0) is 11.3 Å². The number of aromatic nitrogens is 2. The zero-order valence-corrected chi connectivity index (χ0v) is 10.9. The lowest BCUT2D eigenvalue weighted by Gasteiger charge is -2.23. The standard InChI is InChI=1S/C13H21N3O2/c1-10-15-12(18-16-10)9-14-8-11-4-7-13(17-11)5-2-3-6-13/h11,14H,2-9H2,1H3. The van der Waals surface area contributed by atoms with E-state index in [9.17, 15) is 0 Å². The van der Waals surface area contributed by atoms with Crippen LogP contribution in [0.5, 0.6) is 0 Å². The first-order valence-corrected chi connectivity index (χ1v) is 6.94. The monoisotopic (exact) mass is 251 g/mol. The van der Waals surface area contributed by atoms with Gasteiger partial charge in [0.1, 0.15) is 0 Å². The van der Waals surface area contributed by atoms with E-state index in [2.05, 4.69) is 15.5 Å². The molecule has 5 heteroatoms. The van der Waals surface area contributed by atoms with Crippen molar-refractivity contribution >= 4 is 0 Å². The van der Waals surface area contributed by atoms with Crippen molar-refractivity contribution in [2.24, 2.45) is 0 Å². The van der Waals surface area contributed by atoms with Crippen LogP contribution in [0.25, 0.3) is 0 Å². The fourth-order valence-corrected chi connectivity index (χ4v) is 3.18. The van der Waals surface area contributed by atoms with Gasteiger partial charge in [-0.1, -0.05) is 18.0 Å². The van der Waals surface area contributed by atoms with Crippen LogP contribution in [0.3, 0.4) is 0 Å². The minimum Gasteiger partial charge on any atom is -0.370 e. The van der Waals surface area contributed by atoms with Gasteiger partial charge in [-0.15, -0.1) is 0 Å². The molecule has 5 nitrogen and oxygen atoms in total. The summed E-state index contributed by atoms with van der Waals surface area (Å²) in [7, 11) is 0. The second-order valence-electron chi connectivity index (χ2n) is 5.53. The van der Waals surface area contributed by atoms with Crippen LogP contribution in [0.15, 0.2) is 4.52 Å². The van der Waals surface area contributed by atoms with Crippen molar-refractivity contribution in [1.29, 1.82) is 0 Å². The molecular formula is C13H21N3O2. The van der Waals surface area contributed by atoms with Crippen LogP contribution < -0.4 is 5.32 Å². The highest BCUT2D eigenvalue weighted by Crippen LogP contribution is 2.43. The van der Waals surface area contributed by atoms with Crippen LogP contribution in [0.2, 0.25) is 0 Å². The summed E-state index contributed by atoms with van der Waals surface area (Å²) in [4.78, 5) is 4.16. The molecule has 0 aromatic carbocycles. The first kappa shape index (κ1) is 12.1. The summed E-state index contributed by atoms with van der Waals surface area (Å²) in [6.45, 7) is 3.34. The fourth-order valence-electron chi connectivity index (χ4n) is 3.18. The van der Waals surface area contributed by atoms with E-state index in [-0.39, 0.29) is 5.60 Å². The molecule has 1 saturated heterocycles. The Morgan fingerprint density at radius 1 is 1.33 bits per heavy atom. The van der Waals surface area contributed by atoms with Gasteiger partial charge in [0.2, 0.25) is 5.89 Å². The van der Waals surface area contributed by atoms with Crippen LogP contribution >= 0.6 is 0 Å². The predicted molar refractivity (Wildman–Crippen MR) is 66.0 cm³/mol. The van der Waals surface area contributed by atoms with E-state index < -0.39 is 0 Å². The first-order valence-electron chi connectivity index (χ1n) is 6.94. The summed E-state index contributed by atoms with van der Waals surface area (Å²) in [6, 6.07) is 0. The highest BCUT2D eigenvalue weighted by atomic mass is 16.5. The van der Waals surface area contributed by atoms with E-state index in [4.69, 9.17) is 9.26 Å². The smallest absolute Gasteiger partial charge is 0.240 e. The summed E-state index contributed by atoms with van der Waals surface area (Å²) >= 11 is 0. The summed E-state index contributed by atoms with van der Waals surface area (Å²) in [5, 5.41) is 7.11. The molecule has 18 heavy (non-hydrogen) atoms. The summed E-state index contributed by atoms with van der Waals surface area (Å²) in [5.74, 6) is 1.34. The van der Waals surface area contributed by atoms with Gasteiger partial charge in [0, 0.05) is 6.54 Å². The van der Waals surface area contributed by atoms with Crippen LogP contribution in [0.1, 0.15) is 50.2 Å². The minimum atomic E-state index is 0.230. The van der Waals surface area contributed by atoms with Crippen molar-refractivity contribution in [3.8, 4) is 0 Å². The third kappa shape index (κ3) is 2.57. The highest BCUT2D eigenvalue weighted by molar-refractivity contribution is 4.93. The Labute approximate surface area is 107 Å². The van der Waals surface area contributed by atoms with Crippen LogP contribution in [-0.4, -0.2) is 28.4 Å². The molecule has 2 fully saturated rings. The third-order valence-corrected chi connectivity index (χ3v) is 4.07. The summed E-state index contributed by atoms with van der Waals surface area (Å²) < 4.78 is 11.3. The molecule has 1 aliphatic carbocycles. The number of aryl methyl sites for hydroxylation is 1. The Balaban J connectivity index is 1.42. The van der Waals surface area contributed by atoms with Crippen molar-refractivity contribution in [3.05, 3.63) is 11.7 Å². The van der Waals surface area contributed by atoms with E-state index in [1.54, 1.807) is 0 Å². The molecule has 1 atom stereocenters. The van der Waals surface area contributed by atoms with Crippen molar-refractivity contribution in [2.45, 2.75) is 63.7 Å². The Kier molecular flexibility index (Phi) is 3.35. The number of hydrogen-bond acceptors (Lipinski definition) is 5.